The summed E-state index contributed by atoms with van der Waals surface area (Å²) in [7, 11) is 1.39. The van der Waals surface area contributed by atoms with Gasteiger partial charge in [0.05, 0.1) is 29.4 Å². The first-order valence-electron chi connectivity index (χ1n) is 8.30. The first kappa shape index (κ1) is 17.7. The van der Waals surface area contributed by atoms with Crippen LogP contribution in [0.3, 0.4) is 0 Å². The van der Waals surface area contributed by atoms with E-state index in [1.165, 1.54) is 7.11 Å². The van der Waals surface area contributed by atoms with Gasteiger partial charge in [0, 0.05) is 16.0 Å². The zero-order valence-corrected chi connectivity index (χ0v) is 16.2. The van der Waals surface area contributed by atoms with Gasteiger partial charge < -0.3 is 10.1 Å². The van der Waals surface area contributed by atoms with Gasteiger partial charge in [0.25, 0.3) is 0 Å². The van der Waals surface area contributed by atoms with Crippen molar-refractivity contribution in [2.45, 2.75) is 18.4 Å². The first-order valence-corrected chi connectivity index (χ1v) is 9.43. The van der Waals surface area contributed by atoms with E-state index in [0.29, 0.717) is 20.6 Å². The molecule has 0 saturated carbocycles. The van der Waals surface area contributed by atoms with Crippen molar-refractivity contribution in [1.29, 1.82) is 0 Å². The van der Waals surface area contributed by atoms with E-state index in [2.05, 4.69) is 17.5 Å². The van der Waals surface area contributed by atoms with Crippen molar-refractivity contribution in [3.63, 3.8) is 0 Å². The maximum Gasteiger partial charge on any atom is 0.338 e. The van der Waals surface area contributed by atoms with Crippen LogP contribution in [-0.2, 0) is 4.74 Å². The Morgan fingerprint density at radius 3 is 2.69 bits per heavy atom. The largest absolute Gasteiger partial charge is 0.465 e. The first-order chi connectivity index (χ1) is 12.5. The van der Waals surface area contributed by atoms with Crippen LogP contribution >= 0.6 is 34.8 Å². The number of halogens is 3. The summed E-state index contributed by atoms with van der Waals surface area (Å²) in [6.45, 7) is 0. The second-order valence-corrected chi connectivity index (χ2v) is 7.77. The number of nitrogens with one attached hydrogen (secondary N) is 1. The zero-order chi connectivity index (χ0) is 18.4. The van der Waals surface area contributed by atoms with Crippen LogP contribution in [0.5, 0.6) is 0 Å². The molecule has 0 amide bonds. The molecule has 4 rings (SSSR count). The lowest BCUT2D eigenvalue weighted by molar-refractivity contribution is 0.0598. The van der Waals surface area contributed by atoms with Gasteiger partial charge in [0.15, 0.2) is 0 Å². The zero-order valence-electron chi connectivity index (χ0n) is 13.9. The van der Waals surface area contributed by atoms with Gasteiger partial charge >= 0.3 is 5.97 Å². The number of hydrogen-bond acceptors (Lipinski definition) is 3. The maximum atomic E-state index is 12.3. The Hall–Kier alpha value is -1.68. The van der Waals surface area contributed by atoms with Crippen molar-refractivity contribution in [2.75, 3.05) is 12.4 Å². The Morgan fingerprint density at radius 2 is 1.96 bits per heavy atom. The molecule has 2 aromatic rings. The number of rotatable bonds is 2. The lowest BCUT2D eigenvalue weighted by atomic mass is 9.75. The van der Waals surface area contributed by atoms with Gasteiger partial charge in [0.2, 0.25) is 0 Å². The normalized spacial score (nSPS) is 23.2. The molecule has 0 spiro atoms. The van der Waals surface area contributed by atoms with Gasteiger partial charge in [-0.1, -0.05) is 53.0 Å². The van der Waals surface area contributed by atoms with Crippen molar-refractivity contribution < 1.29 is 9.53 Å². The van der Waals surface area contributed by atoms with Gasteiger partial charge in [-0.2, -0.15) is 0 Å². The molecule has 0 unspecified atom stereocenters. The van der Waals surface area contributed by atoms with Gasteiger partial charge in [0.1, 0.15) is 0 Å². The molecule has 0 bridgehead atoms. The van der Waals surface area contributed by atoms with E-state index in [4.69, 9.17) is 39.5 Å². The minimum absolute atomic E-state index is 0.0299. The average Bonchev–Trinajstić information content (AvgIpc) is 3.11. The highest BCUT2D eigenvalue weighted by atomic mass is 35.5. The monoisotopic (exact) mass is 407 g/mol. The fraction of sp³-hybridized carbons (Fsp3) is 0.250. The Balaban J connectivity index is 1.87. The minimum Gasteiger partial charge on any atom is -0.465 e. The molecule has 3 atom stereocenters. The topological polar surface area (TPSA) is 38.3 Å². The Labute approximate surface area is 166 Å². The van der Waals surface area contributed by atoms with Crippen LogP contribution in [0.25, 0.3) is 0 Å². The molecule has 1 aliphatic carbocycles. The third-order valence-electron chi connectivity index (χ3n) is 5.17. The number of esters is 1. The fourth-order valence-corrected chi connectivity index (χ4v) is 4.77. The molecule has 134 valence electrons. The molecule has 1 N–H and O–H groups in total. The number of ether oxygens (including phenoxy) is 1. The number of allylic oxidation sites excluding steroid dienone is 2. The van der Waals surface area contributed by atoms with E-state index in [1.807, 2.05) is 12.1 Å². The average molecular weight is 409 g/mol. The molecule has 2 aromatic carbocycles. The summed E-state index contributed by atoms with van der Waals surface area (Å²) in [5.74, 6) is -0.0689. The summed E-state index contributed by atoms with van der Waals surface area (Å²) < 4.78 is 4.96. The highest BCUT2D eigenvalue weighted by Gasteiger charge is 2.41. The number of carbonyl (C=O) groups is 1. The third kappa shape index (κ3) is 2.79. The molecular formula is C20H16Cl3NO2. The molecule has 26 heavy (non-hydrogen) atoms. The number of benzene rings is 2. The molecule has 0 saturated heterocycles. The van der Waals surface area contributed by atoms with E-state index in [1.54, 1.807) is 18.2 Å². The Kier molecular flexibility index (Phi) is 4.64. The summed E-state index contributed by atoms with van der Waals surface area (Å²) in [5.41, 5.74) is 3.17. The van der Waals surface area contributed by atoms with E-state index in [-0.39, 0.29) is 23.8 Å². The maximum absolute atomic E-state index is 12.3. The van der Waals surface area contributed by atoms with E-state index in [9.17, 15) is 4.79 Å². The Morgan fingerprint density at radius 1 is 1.15 bits per heavy atom. The van der Waals surface area contributed by atoms with E-state index < -0.39 is 0 Å². The summed E-state index contributed by atoms with van der Waals surface area (Å²) >= 11 is 19.0. The molecule has 2 aliphatic rings. The van der Waals surface area contributed by atoms with Crippen LogP contribution in [0.2, 0.25) is 15.1 Å². The molecule has 1 aliphatic heterocycles. The number of methoxy groups -OCH3 is 1. The predicted octanol–water partition coefficient (Wildman–Crippen LogP) is 6.26. The van der Waals surface area contributed by atoms with Crippen LogP contribution < -0.4 is 5.32 Å². The molecule has 0 fully saturated rings. The van der Waals surface area contributed by atoms with Crippen molar-refractivity contribution in [3.05, 3.63) is 74.2 Å². The lowest BCUT2D eigenvalue weighted by Gasteiger charge is -2.39. The fourth-order valence-electron chi connectivity index (χ4n) is 4.02. The minimum atomic E-state index is -0.359. The Bertz CT molecular complexity index is 926. The van der Waals surface area contributed by atoms with Crippen LogP contribution in [0.4, 0.5) is 5.69 Å². The SMILES string of the molecule is COC(=O)c1ccc(Cl)c2c1[C@@H]1C=CC[C@H]1[C@@H](c1ccc(Cl)cc1Cl)N2. The molecule has 1 heterocycles. The van der Waals surface area contributed by atoms with Crippen molar-refractivity contribution >= 4 is 46.5 Å². The van der Waals surface area contributed by atoms with Crippen molar-refractivity contribution in [2.24, 2.45) is 5.92 Å². The number of hydrogen-bond donors (Lipinski definition) is 1. The smallest absolute Gasteiger partial charge is 0.338 e. The van der Waals surface area contributed by atoms with Gasteiger partial charge in [-0.25, -0.2) is 4.79 Å². The lowest BCUT2D eigenvalue weighted by Crippen LogP contribution is -2.31. The predicted molar refractivity (Wildman–Crippen MR) is 106 cm³/mol. The van der Waals surface area contributed by atoms with Crippen LogP contribution in [0, 0.1) is 5.92 Å². The number of anilines is 1. The third-order valence-corrected chi connectivity index (χ3v) is 6.05. The molecule has 0 radical (unpaired) electrons. The molecular weight excluding hydrogens is 393 g/mol. The van der Waals surface area contributed by atoms with Crippen molar-refractivity contribution in [3.8, 4) is 0 Å². The number of fused-ring (bicyclic) bond motifs is 3. The van der Waals surface area contributed by atoms with Gasteiger partial charge in [-0.3, -0.25) is 0 Å². The van der Waals surface area contributed by atoms with E-state index >= 15 is 0 Å². The number of carbonyl (C=O) groups excluding carboxylic acids is 1. The van der Waals surface area contributed by atoms with Gasteiger partial charge in [-0.15, -0.1) is 0 Å². The van der Waals surface area contributed by atoms with Crippen molar-refractivity contribution in [1.82, 2.24) is 0 Å². The van der Waals surface area contributed by atoms with Crippen LogP contribution in [0.15, 0.2) is 42.5 Å². The summed E-state index contributed by atoms with van der Waals surface area (Å²) in [6.07, 6.45) is 5.17. The highest BCUT2D eigenvalue weighted by Crippen LogP contribution is 2.53. The second-order valence-electron chi connectivity index (χ2n) is 6.52. The van der Waals surface area contributed by atoms with Gasteiger partial charge in [-0.05, 0) is 47.7 Å². The second kappa shape index (κ2) is 6.80. The standard InChI is InChI=1S/C20H16Cl3NO2/c1-26-20(25)14-7-8-15(22)19-17(14)11-3-2-4-12(11)18(24-19)13-6-5-10(21)9-16(13)23/h2-3,5-9,11-12,18,24H,4H2,1H3/t11-,12-,18+/m1/s1. The highest BCUT2D eigenvalue weighted by molar-refractivity contribution is 6.35. The molecule has 6 heteroatoms. The summed E-state index contributed by atoms with van der Waals surface area (Å²) in [6, 6.07) is 8.95. The van der Waals surface area contributed by atoms with E-state index in [0.717, 1.165) is 23.2 Å². The summed E-state index contributed by atoms with van der Waals surface area (Å²) in [5, 5.41) is 5.31. The molecule has 3 nitrogen and oxygen atoms in total. The molecule has 0 aromatic heterocycles. The quantitative estimate of drug-likeness (QED) is 0.471. The van der Waals surface area contributed by atoms with Crippen LogP contribution in [0.1, 0.15) is 39.9 Å². The van der Waals surface area contributed by atoms with Crippen LogP contribution in [-0.4, -0.2) is 13.1 Å². The summed E-state index contributed by atoms with van der Waals surface area (Å²) in [4.78, 5) is 12.3.